The molecular weight excluding hydrogens is 584 g/mol. The van der Waals surface area contributed by atoms with E-state index in [2.05, 4.69) is 62.3 Å². The summed E-state index contributed by atoms with van der Waals surface area (Å²) in [6.07, 6.45) is 3.62. The Kier molecular flexibility index (Phi) is 62.9. The van der Waals surface area contributed by atoms with Gasteiger partial charge in [-0.2, -0.15) is 0 Å². The molecule has 0 rings (SSSR count). The molecule has 8 N–H and O–H groups in total. The van der Waals surface area contributed by atoms with Crippen molar-refractivity contribution >= 4 is 0 Å². The molecule has 0 fully saturated rings. The van der Waals surface area contributed by atoms with Crippen molar-refractivity contribution in [1.82, 2.24) is 0 Å². The van der Waals surface area contributed by atoms with Gasteiger partial charge in [0, 0.05) is 0 Å². The zero-order valence-electron chi connectivity index (χ0n) is 35.7. The van der Waals surface area contributed by atoms with Crippen LogP contribution in [0.15, 0.2) is 0 Å². The molecule has 0 saturated heterocycles. The van der Waals surface area contributed by atoms with E-state index in [0.717, 1.165) is 30.6 Å². The van der Waals surface area contributed by atoms with E-state index in [1.54, 1.807) is 76.2 Å². The molecule has 8 heteroatoms. The Morgan fingerprint density at radius 2 is 0.543 bits per heavy atom. The van der Waals surface area contributed by atoms with Crippen molar-refractivity contribution in [2.75, 3.05) is 13.2 Å². The van der Waals surface area contributed by atoms with Gasteiger partial charge in [-0.05, 0) is 114 Å². The van der Waals surface area contributed by atoms with Crippen LogP contribution in [0, 0.1) is 17.8 Å². The molecule has 0 bridgehead atoms. The summed E-state index contributed by atoms with van der Waals surface area (Å²) >= 11 is 0. The number of aliphatic hydroxyl groups is 8. The minimum absolute atomic E-state index is 0.116. The largest absolute Gasteiger partial charge is 0.394 e. The third kappa shape index (κ3) is 425. The molecule has 0 aliphatic carbocycles. The van der Waals surface area contributed by atoms with E-state index in [4.69, 9.17) is 40.9 Å². The highest BCUT2D eigenvalue weighted by molar-refractivity contribution is 4.60. The van der Waals surface area contributed by atoms with Gasteiger partial charge in [-0.15, -0.1) is 0 Å². The minimum Gasteiger partial charge on any atom is -0.394 e. The molecule has 0 aliphatic rings. The van der Waals surface area contributed by atoms with Crippen LogP contribution in [0.4, 0.5) is 0 Å². The van der Waals surface area contributed by atoms with Crippen LogP contribution in [0.1, 0.15) is 185 Å². The summed E-state index contributed by atoms with van der Waals surface area (Å²) < 4.78 is 0. The van der Waals surface area contributed by atoms with E-state index in [0.29, 0.717) is 0 Å². The Balaban J connectivity index is -0.0000000479. The van der Waals surface area contributed by atoms with Gasteiger partial charge in [0.15, 0.2) is 0 Å². The molecule has 0 spiro atoms. The fourth-order valence-corrected chi connectivity index (χ4v) is 0. The quantitative estimate of drug-likeness (QED) is 0.139. The van der Waals surface area contributed by atoms with Crippen LogP contribution >= 0.6 is 0 Å². The van der Waals surface area contributed by atoms with Gasteiger partial charge in [0.1, 0.15) is 0 Å². The second-order valence-electron chi connectivity index (χ2n) is 16.1. The Labute approximate surface area is 291 Å². The summed E-state index contributed by atoms with van der Waals surface area (Å²) in [5.41, 5.74) is -2.36. The molecule has 0 aliphatic heterocycles. The van der Waals surface area contributed by atoms with Gasteiger partial charge < -0.3 is 40.9 Å². The van der Waals surface area contributed by atoms with Crippen molar-refractivity contribution in [1.29, 1.82) is 0 Å². The van der Waals surface area contributed by atoms with Gasteiger partial charge in [0.05, 0.1) is 47.8 Å². The third-order valence-corrected chi connectivity index (χ3v) is 3.74. The molecule has 0 aromatic rings. The van der Waals surface area contributed by atoms with Crippen molar-refractivity contribution in [3.8, 4) is 0 Å². The number of hydrogen-bond donors (Lipinski definition) is 8. The molecule has 0 aromatic carbocycles. The van der Waals surface area contributed by atoms with Crippen molar-refractivity contribution in [3.05, 3.63) is 0 Å². The molecule has 294 valence electrons. The summed E-state index contributed by atoms with van der Waals surface area (Å²) in [4.78, 5) is 0. The molecule has 0 aromatic heterocycles. The summed E-state index contributed by atoms with van der Waals surface area (Å²) in [6.45, 7) is 43.8. The number of rotatable bonds is 6. The number of hydrogen-bond acceptors (Lipinski definition) is 8. The normalized spacial score (nSPS) is 11.9. The Morgan fingerprint density at radius 1 is 0.435 bits per heavy atom. The molecule has 0 saturated carbocycles. The predicted octanol–water partition coefficient (Wildman–Crippen LogP) is 8.38. The van der Waals surface area contributed by atoms with Crippen LogP contribution in [0.25, 0.3) is 0 Å². The van der Waals surface area contributed by atoms with Crippen molar-refractivity contribution in [3.63, 3.8) is 0 Å². The van der Waals surface area contributed by atoms with E-state index in [-0.39, 0.29) is 19.3 Å². The molecule has 0 heterocycles. The van der Waals surface area contributed by atoms with E-state index >= 15 is 0 Å². The van der Waals surface area contributed by atoms with Crippen LogP contribution in [-0.4, -0.2) is 88.7 Å². The first-order valence-electron chi connectivity index (χ1n) is 17.4. The lowest BCUT2D eigenvalue weighted by Gasteiger charge is -2.11. The maximum Gasteiger partial charge on any atom is 0.0821 e. The monoisotopic (exact) mass is 679 g/mol. The van der Waals surface area contributed by atoms with E-state index in [9.17, 15) is 0 Å². The van der Waals surface area contributed by atoms with Crippen LogP contribution in [-0.2, 0) is 0 Å². The SMILES string of the molecule is CC(C)(C)O.CC(C)(C)O.CC(C)(O)CO.CC(C)C.CCC(C)(C)O.CCC(C)C.CCC(C)C.CC[C@H](C)O.C[C@@H](O)CO. The lowest BCUT2D eigenvalue weighted by molar-refractivity contribution is 0.0183. The summed E-state index contributed by atoms with van der Waals surface area (Å²) in [5.74, 6) is 2.60. The molecule has 46 heavy (non-hydrogen) atoms. The topological polar surface area (TPSA) is 162 Å². The lowest BCUT2D eigenvalue weighted by atomic mass is 10.1. The fourth-order valence-electron chi connectivity index (χ4n) is 0. The summed E-state index contributed by atoms with van der Waals surface area (Å²) in [5, 5.41) is 67.0. The fraction of sp³-hybridized carbons (Fsp3) is 1.00. The highest BCUT2D eigenvalue weighted by Crippen LogP contribution is 2.03. The van der Waals surface area contributed by atoms with Gasteiger partial charge in [-0.25, -0.2) is 0 Å². The first-order chi connectivity index (χ1) is 19.9. The van der Waals surface area contributed by atoms with Crippen LogP contribution in [0.3, 0.4) is 0 Å². The Hall–Kier alpha value is -0.320. The van der Waals surface area contributed by atoms with E-state index in [1.807, 2.05) is 13.8 Å². The summed E-state index contributed by atoms with van der Waals surface area (Å²) in [7, 11) is 0. The maximum absolute atomic E-state index is 8.83. The predicted molar refractivity (Wildman–Crippen MR) is 205 cm³/mol. The van der Waals surface area contributed by atoms with Gasteiger partial charge in [-0.3, -0.25) is 0 Å². The Morgan fingerprint density at radius 3 is 0.543 bits per heavy atom. The second kappa shape index (κ2) is 42.7. The molecule has 2 atom stereocenters. The second-order valence-corrected chi connectivity index (χ2v) is 16.1. The van der Waals surface area contributed by atoms with Gasteiger partial charge >= 0.3 is 0 Å². The third-order valence-electron chi connectivity index (χ3n) is 3.74. The molecule has 0 amide bonds. The van der Waals surface area contributed by atoms with E-state index in [1.165, 1.54) is 19.8 Å². The minimum atomic E-state index is -0.903. The maximum atomic E-state index is 8.83. The average Bonchev–Trinajstić information content (AvgIpc) is 2.82. The first kappa shape index (κ1) is 67.8. The highest BCUT2D eigenvalue weighted by Gasteiger charge is 2.07. The molecule has 8 nitrogen and oxygen atoms in total. The highest BCUT2D eigenvalue weighted by atomic mass is 16.3. The molecular formula is C38H94O8. The Bertz CT molecular complexity index is 404. The summed E-state index contributed by atoms with van der Waals surface area (Å²) in [6, 6.07) is 0. The zero-order valence-corrected chi connectivity index (χ0v) is 35.7. The van der Waals surface area contributed by atoms with Crippen molar-refractivity contribution < 1.29 is 40.9 Å². The van der Waals surface area contributed by atoms with Gasteiger partial charge in [0.2, 0.25) is 0 Å². The average molecular weight is 679 g/mol. The smallest absolute Gasteiger partial charge is 0.0821 e. The van der Waals surface area contributed by atoms with Gasteiger partial charge in [0.25, 0.3) is 0 Å². The van der Waals surface area contributed by atoms with Crippen LogP contribution in [0.2, 0.25) is 0 Å². The van der Waals surface area contributed by atoms with Crippen LogP contribution in [0.5, 0.6) is 0 Å². The molecule has 0 unspecified atom stereocenters. The first-order valence-corrected chi connectivity index (χ1v) is 17.4. The van der Waals surface area contributed by atoms with Crippen molar-refractivity contribution in [2.24, 2.45) is 17.8 Å². The van der Waals surface area contributed by atoms with Crippen LogP contribution < -0.4 is 0 Å². The van der Waals surface area contributed by atoms with E-state index < -0.39 is 28.5 Å². The standard InChI is InChI=1S/C5H12O.2C5H12.C4H10O2.3C4H10O.C4H10.C3H8O2/c1-4-5(2,3)6;2*1-4-5(2)3;1-4(2,6)3-5;2*1-4(2,3)5;1-3-4(2)5;1-4(2)3;1-3(5)2-4/h6H,4H2,1-3H3;2*5H,4H2,1-3H3;5-6H,3H2,1-2H3;2*5H,1-3H3;4-5H,3H2,1-2H3;4H,1-3H3;3-5H,2H2,1H3/t;;;;;;4-;;3-/m......0.1/s1. The molecule has 0 radical (unpaired) electrons. The van der Waals surface area contributed by atoms with Crippen molar-refractivity contribution in [2.45, 2.75) is 220 Å². The number of aliphatic hydroxyl groups excluding tert-OH is 4. The van der Waals surface area contributed by atoms with Gasteiger partial charge in [-0.1, -0.05) is 89.0 Å². The zero-order chi connectivity index (χ0) is 40.1. The lowest BCUT2D eigenvalue weighted by Crippen LogP contribution is -2.23.